The molecule has 2 N–H and O–H groups in total. The van der Waals surface area contributed by atoms with Crippen molar-refractivity contribution in [2.24, 2.45) is 0 Å². The van der Waals surface area contributed by atoms with Gasteiger partial charge in [0.2, 0.25) is 0 Å². The van der Waals surface area contributed by atoms with Gasteiger partial charge in [0, 0.05) is 16.8 Å². The molecule has 0 radical (unpaired) electrons. The summed E-state index contributed by atoms with van der Waals surface area (Å²) in [5.41, 5.74) is 0. The number of aromatic hydroxyl groups is 2. The smallest absolute Gasteiger partial charge is 0.169 e. The van der Waals surface area contributed by atoms with Crippen LogP contribution < -0.4 is 14.2 Å². The highest BCUT2D eigenvalue weighted by molar-refractivity contribution is 6.15. The second-order valence-corrected chi connectivity index (χ2v) is 6.80. The Morgan fingerprint density at radius 1 is 0.821 bits per heavy atom. The molecular formula is C23H28O5. The summed E-state index contributed by atoms with van der Waals surface area (Å²) >= 11 is 0. The maximum atomic E-state index is 10.7. The monoisotopic (exact) mass is 384 g/mol. The van der Waals surface area contributed by atoms with Gasteiger partial charge in [-0.25, -0.2) is 0 Å². The molecule has 0 spiro atoms. The number of benzene rings is 3. The lowest BCUT2D eigenvalue weighted by Gasteiger charge is -2.20. The SMILES string of the molecule is CCCCOc1c2ccccc2c(OCCCC)c2c(O)c(O)cc(OC)c12. The number of fused-ring (bicyclic) bond motifs is 2. The summed E-state index contributed by atoms with van der Waals surface area (Å²) in [4.78, 5) is 0. The van der Waals surface area contributed by atoms with E-state index in [9.17, 15) is 10.2 Å². The van der Waals surface area contributed by atoms with Gasteiger partial charge in [0.1, 0.15) is 17.2 Å². The fraction of sp³-hybridized carbons (Fsp3) is 0.391. The number of rotatable bonds is 9. The molecule has 0 aliphatic carbocycles. The van der Waals surface area contributed by atoms with Crippen LogP contribution in [-0.2, 0) is 0 Å². The molecule has 0 aliphatic rings. The first kappa shape index (κ1) is 19.9. The van der Waals surface area contributed by atoms with Crippen molar-refractivity contribution in [2.45, 2.75) is 39.5 Å². The molecule has 0 bridgehead atoms. The summed E-state index contributed by atoms with van der Waals surface area (Å²) in [6, 6.07) is 9.21. The van der Waals surface area contributed by atoms with E-state index in [0.29, 0.717) is 41.2 Å². The molecular weight excluding hydrogens is 356 g/mol. The second kappa shape index (κ2) is 8.91. The lowest BCUT2D eigenvalue weighted by molar-refractivity contribution is 0.309. The minimum absolute atomic E-state index is 0.228. The van der Waals surface area contributed by atoms with Crippen LogP contribution in [0.1, 0.15) is 39.5 Å². The van der Waals surface area contributed by atoms with Crippen LogP contribution in [-0.4, -0.2) is 30.5 Å². The van der Waals surface area contributed by atoms with E-state index >= 15 is 0 Å². The van der Waals surface area contributed by atoms with Crippen molar-refractivity contribution >= 4 is 21.5 Å². The number of phenols is 2. The number of hydrogen-bond donors (Lipinski definition) is 2. The average Bonchev–Trinajstić information content (AvgIpc) is 2.71. The maximum Gasteiger partial charge on any atom is 0.169 e. The minimum Gasteiger partial charge on any atom is -0.504 e. The van der Waals surface area contributed by atoms with Crippen LogP contribution in [0.2, 0.25) is 0 Å². The Morgan fingerprint density at radius 3 is 1.86 bits per heavy atom. The zero-order chi connectivity index (χ0) is 20.1. The zero-order valence-electron chi connectivity index (χ0n) is 16.7. The predicted octanol–water partition coefficient (Wildman–Crippen LogP) is 5.77. The predicted molar refractivity (Wildman–Crippen MR) is 112 cm³/mol. The molecule has 0 saturated heterocycles. The minimum atomic E-state index is -0.250. The molecule has 28 heavy (non-hydrogen) atoms. The highest BCUT2D eigenvalue weighted by Crippen LogP contribution is 2.52. The number of ether oxygens (including phenoxy) is 3. The van der Waals surface area contributed by atoms with Crippen molar-refractivity contribution in [3.63, 3.8) is 0 Å². The van der Waals surface area contributed by atoms with E-state index in [1.807, 2.05) is 24.3 Å². The Labute approximate surface area is 165 Å². The van der Waals surface area contributed by atoms with E-state index in [1.165, 1.54) is 13.2 Å². The Balaban J connectivity index is 2.38. The van der Waals surface area contributed by atoms with Crippen LogP contribution in [0.5, 0.6) is 28.7 Å². The van der Waals surface area contributed by atoms with E-state index in [0.717, 1.165) is 36.5 Å². The van der Waals surface area contributed by atoms with Gasteiger partial charge in [-0.15, -0.1) is 0 Å². The third kappa shape index (κ3) is 3.61. The van der Waals surface area contributed by atoms with Crippen LogP contribution in [0, 0.1) is 0 Å². The van der Waals surface area contributed by atoms with Crippen LogP contribution >= 0.6 is 0 Å². The molecule has 0 saturated carbocycles. The Morgan fingerprint density at radius 2 is 1.36 bits per heavy atom. The Kier molecular flexibility index (Phi) is 6.34. The van der Waals surface area contributed by atoms with Crippen molar-refractivity contribution in [2.75, 3.05) is 20.3 Å². The fourth-order valence-corrected chi connectivity index (χ4v) is 3.33. The van der Waals surface area contributed by atoms with Crippen molar-refractivity contribution in [3.8, 4) is 28.7 Å². The molecule has 3 aromatic rings. The lowest BCUT2D eigenvalue weighted by atomic mass is 9.98. The summed E-state index contributed by atoms with van der Waals surface area (Å²) < 4.78 is 17.8. The van der Waals surface area contributed by atoms with Crippen LogP contribution in [0.25, 0.3) is 21.5 Å². The summed E-state index contributed by atoms with van der Waals surface area (Å²) in [5.74, 6) is 1.12. The molecule has 0 atom stereocenters. The van der Waals surface area contributed by atoms with Gasteiger partial charge in [-0.1, -0.05) is 51.0 Å². The highest BCUT2D eigenvalue weighted by Gasteiger charge is 2.24. The second-order valence-electron chi connectivity index (χ2n) is 6.80. The van der Waals surface area contributed by atoms with Crippen LogP contribution in [0.4, 0.5) is 0 Å². The molecule has 3 aromatic carbocycles. The topological polar surface area (TPSA) is 68.2 Å². The summed E-state index contributed by atoms with van der Waals surface area (Å²) in [6.07, 6.45) is 3.81. The molecule has 5 heteroatoms. The third-order valence-electron chi connectivity index (χ3n) is 4.82. The van der Waals surface area contributed by atoms with Gasteiger partial charge < -0.3 is 24.4 Å². The number of hydrogen-bond acceptors (Lipinski definition) is 5. The van der Waals surface area contributed by atoms with Gasteiger partial charge in [0.25, 0.3) is 0 Å². The van der Waals surface area contributed by atoms with Gasteiger partial charge in [-0.3, -0.25) is 0 Å². The molecule has 0 heterocycles. The molecule has 0 unspecified atom stereocenters. The normalized spacial score (nSPS) is 11.1. The molecule has 0 aromatic heterocycles. The Bertz CT molecular complexity index is 965. The van der Waals surface area contributed by atoms with Gasteiger partial charge in [-0.2, -0.15) is 0 Å². The molecule has 150 valence electrons. The quantitative estimate of drug-likeness (QED) is 0.278. The van der Waals surface area contributed by atoms with Crippen molar-refractivity contribution < 1.29 is 24.4 Å². The van der Waals surface area contributed by atoms with Gasteiger partial charge >= 0.3 is 0 Å². The molecule has 0 amide bonds. The summed E-state index contributed by atoms with van der Waals surface area (Å²) in [5, 5.41) is 23.8. The van der Waals surface area contributed by atoms with Crippen LogP contribution in [0.3, 0.4) is 0 Å². The van der Waals surface area contributed by atoms with Gasteiger partial charge in [0.05, 0.1) is 31.1 Å². The summed E-state index contributed by atoms with van der Waals surface area (Å²) in [6.45, 7) is 5.27. The number of methoxy groups -OCH3 is 1. The standard InChI is InChI=1S/C23H28O5/c1-4-6-12-27-22-15-10-8-9-11-16(15)23(28-13-7-5-2)20-19(22)18(26-3)14-17(24)21(20)25/h8-11,14,24-25H,4-7,12-13H2,1-3H3. The third-order valence-corrected chi connectivity index (χ3v) is 4.82. The zero-order valence-corrected chi connectivity index (χ0v) is 16.7. The van der Waals surface area contributed by atoms with Gasteiger partial charge in [0.15, 0.2) is 11.5 Å². The first-order valence-corrected chi connectivity index (χ1v) is 9.86. The number of phenolic OH excluding ortho intramolecular Hbond substituents is 2. The first-order valence-electron chi connectivity index (χ1n) is 9.86. The molecule has 0 fully saturated rings. The van der Waals surface area contributed by atoms with E-state index in [2.05, 4.69) is 13.8 Å². The molecule has 5 nitrogen and oxygen atoms in total. The van der Waals surface area contributed by atoms with E-state index in [1.54, 1.807) is 0 Å². The van der Waals surface area contributed by atoms with Crippen molar-refractivity contribution in [1.82, 2.24) is 0 Å². The Hall–Kier alpha value is -2.82. The van der Waals surface area contributed by atoms with Crippen molar-refractivity contribution in [1.29, 1.82) is 0 Å². The van der Waals surface area contributed by atoms with E-state index in [-0.39, 0.29) is 11.5 Å². The average molecular weight is 384 g/mol. The fourth-order valence-electron chi connectivity index (χ4n) is 3.33. The first-order chi connectivity index (χ1) is 13.6. The van der Waals surface area contributed by atoms with Crippen LogP contribution in [0.15, 0.2) is 30.3 Å². The highest BCUT2D eigenvalue weighted by atomic mass is 16.5. The van der Waals surface area contributed by atoms with Gasteiger partial charge in [-0.05, 0) is 12.8 Å². The largest absolute Gasteiger partial charge is 0.504 e. The van der Waals surface area contributed by atoms with E-state index in [4.69, 9.17) is 14.2 Å². The van der Waals surface area contributed by atoms with E-state index < -0.39 is 0 Å². The summed E-state index contributed by atoms with van der Waals surface area (Å²) in [7, 11) is 1.54. The number of unbranched alkanes of at least 4 members (excludes halogenated alkanes) is 2. The van der Waals surface area contributed by atoms with Crippen molar-refractivity contribution in [3.05, 3.63) is 30.3 Å². The molecule has 0 aliphatic heterocycles. The maximum absolute atomic E-state index is 10.7. The molecule has 3 rings (SSSR count). The lowest BCUT2D eigenvalue weighted by Crippen LogP contribution is -2.03.